The molecule has 0 bridgehead atoms. The van der Waals surface area contributed by atoms with Gasteiger partial charge in [-0.15, -0.1) is 0 Å². The van der Waals surface area contributed by atoms with E-state index in [1.54, 1.807) is 22.8 Å². The third kappa shape index (κ3) is 3.41. The number of benzene rings is 1. The Morgan fingerprint density at radius 2 is 1.90 bits per heavy atom. The van der Waals surface area contributed by atoms with Crippen LogP contribution >= 0.6 is 15.9 Å². The molecule has 1 unspecified atom stereocenters. The van der Waals surface area contributed by atoms with Gasteiger partial charge in [0.2, 0.25) is 0 Å². The van der Waals surface area contributed by atoms with Crippen molar-refractivity contribution in [2.45, 2.75) is 13.0 Å². The summed E-state index contributed by atoms with van der Waals surface area (Å²) in [5, 5.41) is 8.98. The lowest BCUT2D eigenvalue weighted by Crippen LogP contribution is -2.53. The number of hydrogen-bond acceptors (Lipinski definition) is 3. The van der Waals surface area contributed by atoms with Crippen LogP contribution in [0.2, 0.25) is 0 Å². The van der Waals surface area contributed by atoms with Crippen molar-refractivity contribution in [1.29, 1.82) is 0 Å². The Hall–Kier alpha value is -1.47. The van der Waals surface area contributed by atoms with Crippen molar-refractivity contribution in [3.63, 3.8) is 0 Å². The van der Waals surface area contributed by atoms with Crippen LogP contribution in [0.15, 0.2) is 22.7 Å². The van der Waals surface area contributed by atoms with Gasteiger partial charge in [-0.25, -0.2) is 4.39 Å². The molecule has 114 valence electrons. The molecule has 1 saturated heterocycles. The zero-order chi connectivity index (χ0) is 15.6. The maximum atomic E-state index is 13.8. The van der Waals surface area contributed by atoms with Crippen molar-refractivity contribution >= 4 is 27.8 Å². The average Bonchev–Trinajstić information content (AvgIpc) is 2.46. The maximum Gasteiger partial charge on any atom is 0.320 e. The Labute approximate surface area is 130 Å². The molecule has 5 nitrogen and oxygen atoms in total. The van der Waals surface area contributed by atoms with Crippen molar-refractivity contribution in [2.75, 3.05) is 26.2 Å². The molecule has 21 heavy (non-hydrogen) atoms. The normalized spacial score (nSPS) is 17.6. The lowest BCUT2D eigenvalue weighted by Gasteiger charge is -2.36. The van der Waals surface area contributed by atoms with Crippen molar-refractivity contribution in [3.8, 4) is 0 Å². The minimum atomic E-state index is -0.883. The molecule has 1 aliphatic rings. The highest BCUT2D eigenvalue weighted by Crippen LogP contribution is 2.22. The molecule has 1 atom stereocenters. The fourth-order valence-corrected chi connectivity index (χ4v) is 2.84. The van der Waals surface area contributed by atoms with E-state index in [0.717, 1.165) is 0 Å². The van der Waals surface area contributed by atoms with Crippen molar-refractivity contribution in [2.24, 2.45) is 0 Å². The largest absolute Gasteiger partial charge is 0.480 e. The maximum absolute atomic E-state index is 13.8. The zero-order valence-corrected chi connectivity index (χ0v) is 13.1. The number of rotatable bonds is 3. The van der Waals surface area contributed by atoms with Gasteiger partial charge >= 0.3 is 5.97 Å². The molecular formula is C14H16BrFN2O3. The molecule has 1 N–H and O–H groups in total. The first-order valence-corrected chi connectivity index (χ1v) is 7.41. The van der Waals surface area contributed by atoms with Gasteiger partial charge in [0, 0.05) is 30.7 Å². The highest BCUT2D eigenvalue weighted by Gasteiger charge is 2.29. The molecule has 2 rings (SSSR count). The number of hydrogen-bond donors (Lipinski definition) is 1. The summed E-state index contributed by atoms with van der Waals surface area (Å²) in [4.78, 5) is 26.7. The van der Waals surface area contributed by atoms with E-state index in [0.29, 0.717) is 30.7 Å². The summed E-state index contributed by atoms with van der Waals surface area (Å²) >= 11 is 3.19. The van der Waals surface area contributed by atoms with E-state index in [1.165, 1.54) is 12.1 Å². The molecule has 0 radical (unpaired) electrons. The monoisotopic (exact) mass is 358 g/mol. The second-order valence-electron chi connectivity index (χ2n) is 4.94. The van der Waals surface area contributed by atoms with E-state index in [1.807, 2.05) is 0 Å². The van der Waals surface area contributed by atoms with Crippen molar-refractivity contribution < 1.29 is 19.1 Å². The van der Waals surface area contributed by atoms with E-state index in [4.69, 9.17) is 5.11 Å². The second kappa shape index (κ2) is 6.53. The minimum absolute atomic E-state index is 0.0252. The topological polar surface area (TPSA) is 60.9 Å². The molecule has 1 aliphatic heterocycles. The Bertz CT molecular complexity index is 539. The molecule has 1 fully saturated rings. The molecular weight excluding hydrogens is 343 g/mol. The number of carbonyl (C=O) groups is 2. The fourth-order valence-electron chi connectivity index (χ4n) is 2.33. The molecule has 1 aromatic rings. The number of halogens is 2. The lowest BCUT2D eigenvalue weighted by atomic mass is 10.1. The van der Waals surface area contributed by atoms with Gasteiger partial charge in [-0.2, -0.15) is 0 Å². The fraction of sp³-hybridized carbons (Fsp3) is 0.429. The Balaban J connectivity index is 2.06. The smallest absolute Gasteiger partial charge is 0.320 e. The zero-order valence-electron chi connectivity index (χ0n) is 11.6. The van der Waals surface area contributed by atoms with E-state index in [9.17, 15) is 14.0 Å². The number of piperazine rings is 1. The van der Waals surface area contributed by atoms with Crippen LogP contribution in [-0.2, 0) is 4.79 Å². The standard InChI is InChI=1S/C14H16BrFN2O3/c1-9(14(20)21)17-5-7-18(8-6-17)13(19)12-10(15)3-2-4-11(12)16/h2-4,9H,5-8H2,1H3,(H,20,21). The number of amides is 1. The van der Waals surface area contributed by atoms with Crippen LogP contribution in [0.25, 0.3) is 0 Å². The summed E-state index contributed by atoms with van der Waals surface area (Å²) in [5.74, 6) is -1.81. The third-order valence-electron chi connectivity index (χ3n) is 3.68. The first-order valence-electron chi connectivity index (χ1n) is 6.62. The summed E-state index contributed by atoms with van der Waals surface area (Å²) in [6.45, 7) is 3.32. The molecule has 0 aliphatic carbocycles. The predicted octanol–water partition coefficient (Wildman–Crippen LogP) is 1.82. The van der Waals surface area contributed by atoms with Gasteiger partial charge in [0.25, 0.3) is 5.91 Å². The van der Waals surface area contributed by atoms with Crippen molar-refractivity contribution in [1.82, 2.24) is 9.80 Å². The van der Waals surface area contributed by atoms with E-state index in [-0.39, 0.29) is 11.5 Å². The second-order valence-corrected chi connectivity index (χ2v) is 5.79. The van der Waals surface area contributed by atoms with Crippen LogP contribution in [0.5, 0.6) is 0 Å². The minimum Gasteiger partial charge on any atom is -0.480 e. The van der Waals surface area contributed by atoms with Crippen LogP contribution in [0, 0.1) is 5.82 Å². The molecule has 7 heteroatoms. The Morgan fingerprint density at radius 1 is 1.29 bits per heavy atom. The molecule has 0 spiro atoms. The van der Waals surface area contributed by atoms with Gasteiger partial charge in [0.15, 0.2) is 0 Å². The van der Waals surface area contributed by atoms with E-state index >= 15 is 0 Å². The number of carbonyl (C=O) groups excluding carboxylic acids is 1. The van der Waals surface area contributed by atoms with Crippen LogP contribution in [0.4, 0.5) is 4.39 Å². The van der Waals surface area contributed by atoms with E-state index < -0.39 is 17.8 Å². The summed E-state index contributed by atoms with van der Waals surface area (Å²) in [6.07, 6.45) is 0. The summed E-state index contributed by atoms with van der Waals surface area (Å²) in [7, 11) is 0. The highest BCUT2D eigenvalue weighted by atomic mass is 79.9. The lowest BCUT2D eigenvalue weighted by molar-refractivity contribution is -0.143. The van der Waals surface area contributed by atoms with E-state index in [2.05, 4.69) is 15.9 Å². The molecule has 0 aromatic heterocycles. The third-order valence-corrected chi connectivity index (χ3v) is 4.34. The Morgan fingerprint density at radius 3 is 2.43 bits per heavy atom. The number of nitrogens with zero attached hydrogens (tertiary/aromatic N) is 2. The highest BCUT2D eigenvalue weighted by molar-refractivity contribution is 9.10. The van der Waals surface area contributed by atoms with Gasteiger partial charge in [-0.1, -0.05) is 6.07 Å². The van der Waals surface area contributed by atoms with Gasteiger partial charge in [0.1, 0.15) is 11.9 Å². The first-order chi connectivity index (χ1) is 9.91. The van der Waals surface area contributed by atoms with Crippen LogP contribution in [0.1, 0.15) is 17.3 Å². The van der Waals surface area contributed by atoms with Crippen LogP contribution < -0.4 is 0 Å². The summed E-state index contributed by atoms with van der Waals surface area (Å²) in [5.41, 5.74) is 0.0252. The number of carboxylic acids is 1. The predicted molar refractivity (Wildman–Crippen MR) is 78.7 cm³/mol. The molecule has 0 saturated carbocycles. The molecule has 1 heterocycles. The Kier molecular flexibility index (Phi) is 4.95. The SMILES string of the molecule is CC(C(=O)O)N1CCN(C(=O)c2c(F)cccc2Br)CC1. The van der Waals surface area contributed by atoms with Gasteiger partial charge in [0.05, 0.1) is 5.56 Å². The molecule has 1 amide bonds. The average molecular weight is 359 g/mol. The number of aliphatic carboxylic acids is 1. The molecule has 1 aromatic carbocycles. The first kappa shape index (κ1) is 15.9. The quantitative estimate of drug-likeness (QED) is 0.895. The van der Waals surface area contributed by atoms with Gasteiger partial charge in [-0.05, 0) is 35.0 Å². The van der Waals surface area contributed by atoms with Gasteiger partial charge < -0.3 is 10.0 Å². The van der Waals surface area contributed by atoms with Crippen LogP contribution in [0.3, 0.4) is 0 Å². The van der Waals surface area contributed by atoms with Gasteiger partial charge in [-0.3, -0.25) is 14.5 Å². The van der Waals surface area contributed by atoms with Crippen LogP contribution in [-0.4, -0.2) is 59.0 Å². The summed E-state index contributed by atoms with van der Waals surface area (Å²) in [6, 6.07) is 3.82. The van der Waals surface area contributed by atoms with Crippen molar-refractivity contribution in [3.05, 3.63) is 34.1 Å². The number of carboxylic acid groups (broad SMARTS) is 1. The summed E-state index contributed by atoms with van der Waals surface area (Å²) < 4.78 is 14.2.